The molecule has 1 saturated heterocycles. The van der Waals surface area contributed by atoms with Crippen LogP contribution in [0.15, 0.2) is 15.9 Å². The third kappa shape index (κ3) is 4.06. The summed E-state index contributed by atoms with van der Waals surface area (Å²) in [5.74, 6) is 0. The molecule has 10 heteroatoms. The van der Waals surface area contributed by atoms with Crippen molar-refractivity contribution in [3.63, 3.8) is 0 Å². The molecule has 0 aliphatic carbocycles. The van der Waals surface area contributed by atoms with E-state index in [2.05, 4.69) is 5.10 Å². The van der Waals surface area contributed by atoms with E-state index in [9.17, 15) is 16.8 Å². The molecule has 2 aromatic rings. The Kier molecular flexibility index (Phi) is 6.41. The summed E-state index contributed by atoms with van der Waals surface area (Å²) in [5.41, 5.74) is 4.39. The van der Waals surface area contributed by atoms with Crippen LogP contribution in [0, 0.1) is 41.5 Å². The average molecular weight is 469 g/mol. The van der Waals surface area contributed by atoms with Crippen LogP contribution in [-0.2, 0) is 27.1 Å². The van der Waals surface area contributed by atoms with Gasteiger partial charge in [0.2, 0.25) is 20.0 Å². The van der Waals surface area contributed by atoms with Gasteiger partial charge in [-0.2, -0.15) is 13.7 Å². The van der Waals surface area contributed by atoms with Crippen molar-refractivity contribution in [2.24, 2.45) is 7.05 Å². The first-order valence-corrected chi connectivity index (χ1v) is 13.3. The van der Waals surface area contributed by atoms with Gasteiger partial charge in [-0.25, -0.2) is 16.8 Å². The predicted octanol–water partition coefficient (Wildman–Crippen LogP) is 2.36. The van der Waals surface area contributed by atoms with Crippen LogP contribution in [0.25, 0.3) is 0 Å². The van der Waals surface area contributed by atoms with Gasteiger partial charge in [-0.15, -0.1) is 0 Å². The van der Waals surface area contributed by atoms with Crippen molar-refractivity contribution < 1.29 is 16.8 Å². The van der Waals surface area contributed by atoms with Crippen molar-refractivity contribution in [1.29, 1.82) is 0 Å². The van der Waals surface area contributed by atoms with E-state index in [1.807, 2.05) is 33.8 Å². The normalized spacial score (nSPS) is 17.1. The molecule has 0 unspecified atom stereocenters. The van der Waals surface area contributed by atoms with Gasteiger partial charge in [-0.1, -0.05) is 6.07 Å². The Labute approximate surface area is 186 Å². The minimum Gasteiger partial charge on any atom is -0.271 e. The van der Waals surface area contributed by atoms with Gasteiger partial charge < -0.3 is 0 Å². The highest BCUT2D eigenvalue weighted by molar-refractivity contribution is 7.89. The van der Waals surface area contributed by atoms with E-state index in [-0.39, 0.29) is 31.1 Å². The summed E-state index contributed by atoms with van der Waals surface area (Å²) in [6, 6.07) is 2.00. The Morgan fingerprint density at radius 2 is 1.19 bits per heavy atom. The molecule has 8 nitrogen and oxygen atoms in total. The molecule has 0 saturated carbocycles. The van der Waals surface area contributed by atoms with Crippen LogP contribution in [-0.4, -0.2) is 61.4 Å². The molecule has 1 aromatic heterocycles. The monoisotopic (exact) mass is 468 g/mol. The van der Waals surface area contributed by atoms with Gasteiger partial charge in [-0.05, 0) is 70.2 Å². The SMILES string of the molecule is Cc1cc(C)c(C)c(S(=O)(=O)N2CCCN(S(=O)(=O)c3c(C)nn(C)c3C)CC2)c1C. The Balaban J connectivity index is 1.93. The van der Waals surface area contributed by atoms with Crippen molar-refractivity contribution in [2.75, 3.05) is 26.2 Å². The van der Waals surface area contributed by atoms with Crippen LogP contribution in [0.3, 0.4) is 0 Å². The molecule has 1 aromatic carbocycles. The van der Waals surface area contributed by atoms with E-state index in [0.717, 1.165) is 22.3 Å². The molecule has 0 spiro atoms. The molecule has 2 heterocycles. The fourth-order valence-corrected chi connectivity index (χ4v) is 8.22. The number of rotatable bonds is 4. The number of benzene rings is 1. The van der Waals surface area contributed by atoms with Crippen LogP contribution in [0.4, 0.5) is 0 Å². The number of aryl methyl sites for hydroxylation is 4. The molecule has 0 bridgehead atoms. The smallest absolute Gasteiger partial charge is 0.246 e. The highest BCUT2D eigenvalue weighted by Crippen LogP contribution is 2.30. The van der Waals surface area contributed by atoms with E-state index in [4.69, 9.17) is 0 Å². The molecule has 31 heavy (non-hydrogen) atoms. The molecule has 3 rings (SSSR count). The van der Waals surface area contributed by atoms with Gasteiger partial charge in [0.1, 0.15) is 4.90 Å². The van der Waals surface area contributed by atoms with Crippen LogP contribution in [0.1, 0.15) is 40.1 Å². The molecule has 0 N–H and O–H groups in total. The zero-order valence-corrected chi connectivity index (χ0v) is 21.0. The number of sulfonamides is 2. The van der Waals surface area contributed by atoms with Gasteiger partial charge in [0.25, 0.3) is 0 Å². The number of hydrogen-bond acceptors (Lipinski definition) is 5. The minimum atomic E-state index is -3.76. The first-order valence-electron chi connectivity index (χ1n) is 10.4. The highest BCUT2D eigenvalue weighted by Gasteiger charge is 2.35. The van der Waals surface area contributed by atoms with Crippen LogP contribution >= 0.6 is 0 Å². The Morgan fingerprint density at radius 1 is 0.742 bits per heavy atom. The lowest BCUT2D eigenvalue weighted by atomic mass is 10.0. The Bertz CT molecular complexity index is 1200. The van der Waals surface area contributed by atoms with Crippen LogP contribution in [0.5, 0.6) is 0 Å². The van der Waals surface area contributed by atoms with E-state index in [1.165, 1.54) is 8.61 Å². The number of nitrogens with zero attached hydrogens (tertiary/aromatic N) is 4. The number of aromatic nitrogens is 2. The summed E-state index contributed by atoms with van der Waals surface area (Å²) >= 11 is 0. The van der Waals surface area contributed by atoms with Gasteiger partial charge in [-0.3, -0.25) is 4.68 Å². The topological polar surface area (TPSA) is 92.6 Å². The second kappa shape index (κ2) is 8.31. The molecular weight excluding hydrogens is 436 g/mol. The standard InChI is InChI=1S/C21H32N4O4S2/c1-14-13-15(2)17(4)20(16(14)3)30(26,27)24-9-8-10-25(12-11-24)31(28,29)21-18(5)22-23(7)19(21)6/h13H,8-12H2,1-7H3. The van der Waals surface area contributed by atoms with Crippen molar-refractivity contribution in [1.82, 2.24) is 18.4 Å². The van der Waals surface area contributed by atoms with Crippen LogP contribution < -0.4 is 0 Å². The van der Waals surface area contributed by atoms with Gasteiger partial charge in [0.05, 0.1) is 16.3 Å². The zero-order chi connectivity index (χ0) is 23.3. The Hall–Kier alpha value is -1.75. The minimum absolute atomic E-state index is 0.109. The van der Waals surface area contributed by atoms with Crippen molar-refractivity contribution in [2.45, 2.75) is 57.8 Å². The molecule has 1 fully saturated rings. The van der Waals surface area contributed by atoms with Crippen molar-refractivity contribution in [3.05, 3.63) is 39.7 Å². The summed E-state index contributed by atoms with van der Waals surface area (Å²) in [6.07, 6.45) is 0.430. The molecule has 0 atom stereocenters. The molecule has 0 radical (unpaired) electrons. The highest BCUT2D eigenvalue weighted by atomic mass is 32.2. The van der Waals surface area contributed by atoms with Gasteiger partial charge in [0.15, 0.2) is 0 Å². The molecule has 172 valence electrons. The summed E-state index contributed by atoms with van der Waals surface area (Å²) in [6.45, 7) is 11.7. The van der Waals surface area contributed by atoms with Crippen LogP contribution in [0.2, 0.25) is 0 Å². The van der Waals surface area contributed by atoms with Crippen molar-refractivity contribution >= 4 is 20.0 Å². The van der Waals surface area contributed by atoms with Gasteiger partial charge in [0, 0.05) is 33.2 Å². The molecule has 1 aliphatic rings. The average Bonchev–Trinajstić information content (AvgIpc) is 2.85. The molecular formula is C21H32N4O4S2. The largest absolute Gasteiger partial charge is 0.271 e. The lowest BCUT2D eigenvalue weighted by Crippen LogP contribution is -2.38. The fraction of sp³-hybridized carbons (Fsp3) is 0.571. The first-order chi connectivity index (χ1) is 14.3. The van der Waals surface area contributed by atoms with E-state index >= 15 is 0 Å². The molecule has 0 amide bonds. The third-order valence-electron chi connectivity index (χ3n) is 6.35. The predicted molar refractivity (Wildman–Crippen MR) is 120 cm³/mol. The second-order valence-electron chi connectivity index (χ2n) is 8.37. The van der Waals surface area contributed by atoms with E-state index < -0.39 is 20.0 Å². The lowest BCUT2D eigenvalue weighted by Gasteiger charge is -2.24. The number of hydrogen-bond donors (Lipinski definition) is 0. The zero-order valence-electron chi connectivity index (χ0n) is 19.4. The maximum Gasteiger partial charge on any atom is 0.246 e. The lowest BCUT2D eigenvalue weighted by molar-refractivity contribution is 0.404. The van der Waals surface area contributed by atoms with E-state index in [0.29, 0.717) is 22.7 Å². The second-order valence-corrected chi connectivity index (χ2v) is 12.1. The Morgan fingerprint density at radius 3 is 1.61 bits per heavy atom. The first kappa shape index (κ1) is 23.9. The third-order valence-corrected chi connectivity index (χ3v) is 10.7. The maximum absolute atomic E-state index is 13.6. The summed E-state index contributed by atoms with van der Waals surface area (Å²) in [5, 5.41) is 4.23. The summed E-state index contributed by atoms with van der Waals surface area (Å²) in [4.78, 5) is 0.563. The van der Waals surface area contributed by atoms with E-state index in [1.54, 1.807) is 25.6 Å². The molecule has 1 aliphatic heterocycles. The van der Waals surface area contributed by atoms with Gasteiger partial charge >= 0.3 is 0 Å². The fourth-order valence-electron chi connectivity index (χ4n) is 4.30. The maximum atomic E-state index is 13.6. The summed E-state index contributed by atoms with van der Waals surface area (Å²) in [7, 11) is -5.79. The summed E-state index contributed by atoms with van der Waals surface area (Å²) < 4.78 is 58.2. The quantitative estimate of drug-likeness (QED) is 0.687. The van der Waals surface area contributed by atoms with Crippen molar-refractivity contribution in [3.8, 4) is 0 Å².